The van der Waals surface area contributed by atoms with Gasteiger partial charge in [0.15, 0.2) is 5.65 Å². The first-order valence-electron chi connectivity index (χ1n) is 19.1. The zero-order chi connectivity index (χ0) is 33.7. The van der Waals surface area contributed by atoms with Gasteiger partial charge in [-0.25, -0.2) is 9.48 Å². The summed E-state index contributed by atoms with van der Waals surface area (Å²) in [5, 5.41) is 8.95. The Labute approximate surface area is 290 Å². The molecule has 0 amide bonds. The second-order valence-corrected chi connectivity index (χ2v) is 14.9. The minimum absolute atomic E-state index is 0.161. The topological polar surface area (TPSA) is 103 Å². The molecule has 262 valence electrons. The highest BCUT2D eigenvalue weighted by Crippen LogP contribution is 2.36. The predicted octanol–water partition coefficient (Wildman–Crippen LogP) is 7.55. The lowest BCUT2D eigenvalue weighted by Gasteiger charge is -2.42. The van der Waals surface area contributed by atoms with E-state index >= 15 is 0 Å². The van der Waals surface area contributed by atoms with E-state index in [0.29, 0.717) is 35.5 Å². The highest BCUT2D eigenvalue weighted by atomic mass is 16.2. The molecule has 9 heteroatoms. The quantitative estimate of drug-likeness (QED) is 0.211. The summed E-state index contributed by atoms with van der Waals surface area (Å²) >= 11 is 0. The standard InChI is InChI=1S/C40H55N7O2/c1-44-39(48)36-37(42-31-16-8-7-9-17-31)46(43-38(36)47(40(44)49)35-22-13-12-20-33(35)41)28-29-23-25-30(26-24-29)34-21-14-15-27-45(34)32-18-10-5-3-2-4-6-11-19-32/h7-9,16-17,23-26,32-35,42H,2-6,10-15,18-22,27-28,41H2,1H3. The van der Waals surface area contributed by atoms with Crippen molar-refractivity contribution in [3.63, 3.8) is 0 Å². The van der Waals surface area contributed by atoms with Gasteiger partial charge in [-0.3, -0.25) is 18.8 Å². The molecule has 3 fully saturated rings. The molecule has 2 aromatic carbocycles. The van der Waals surface area contributed by atoms with Crippen LogP contribution in [-0.2, 0) is 13.6 Å². The lowest BCUT2D eigenvalue weighted by molar-refractivity contribution is 0.0798. The van der Waals surface area contributed by atoms with Crippen LogP contribution < -0.4 is 22.3 Å². The second-order valence-electron chi connectivity index (χ2n) is 14.9. The van der Waals surface area contributed by atoms with Crippen LogP contribution in [-0.4, -0.2) is 42.4 Å². The average Bonchev–Trinajstić information content (AvgIpc) is 3.47. The van der Waals surface area contributed by atoms with Crippen molar-refractivity contribution in [3.8, 4) is 0 Å². The largest absolute Gasteiger partial charge is 0.340 e. The van der Waals surface area contributed by atoms with E-state index in [4.69, 9.17) is 10.8 Å². The number of para-hydroxylation sites is 1. The Morgan fingerprint density at radius 3 is 2.14 bits per heavy atom. The SMILES string of the molecule is Cn1c(=O)c2c(Nc3ccccc3)n(Cc3ccc(C4CCCCN4C4CCCCCCCCC4)cc3)nc2n(C2CCCCC2N)c1=O. The number of benzene rings is 2. The minimum atomic E-state index is -0.354. The van der Waals surface area contributed by atoms with Crippen LogP contribution in [0.1, 0.15) is 126 Å². The van der Waals surface area contributed by atoms with Gasteiger partial charge in [-0.05, 0) is 68.3 Å². The van der Waals surface area contributed by atoms with E-state index in [1.807, 2.05) is 35.0 Å². The number of aromatic nitrogens is 4. The first-order chi connectivity index (χ1) is 24.0. The average molecular weight is 666 g/mol. The molecule has 3 aliphatic rings. The number of hydrogen-bond donors (Lipinski definition) is 2. The maximum atomic E-state index is 13.8. The molecule has 1 saturated heterocycles. The molecule has 3 heterocycles. The van der Waals surface area contributed by atoms with E-state index in [1.165, 1.54) is 93.7 Å². The number of piperidine rings is 1. The third-order valence-electron chi connectivity index (χ3n) is 11.6. The number of rotatable bonds is 7. The summed E-state index contributed by atoms with van der Waals surface area (Å²) in [5.74, 6) is 0.596. The molecule has 2 aromatic heterocycles. The fraction of sp³-hybridized carbons (Fsp3) is 0.575. The van der Waals surface area contributed by atoms with Crippen LogP contribution in [0.2, 0.25) is 0 Å². The monoisotopic (exact) mass is 665 g/mol. The summed E-state index contributed by atoms with van der Waals surface area (Å²) in [7, 11) is 1.56. The van der Waals surface area contributed by atoms with Gasteiger partial charge in [0.1, 0.15) is 11.2 Å². The molecule has 49 heavy (non-hydrogen) atoms. The Kier molecular flexibility index (Phi) is 10.7. The van der Waals surface area contributed by atoms with Gasteiger partial charge in [-0.2, -0.15) is 5.10 Å². The normalized spacial score (nSPS) is 23.4. The van der Waals surface area contributed by atoms with Gasteiger partial charge < -0.3 is 11.1 Å². The third-order valence-corrected chi connectivity index (χ3v) is 11.6. The van der Waals surface area contributed by atoms with Gasteiger partial charge in [0.2, 0.25) is 0 Å². The summed E-state index contributed by atoms with van der Waals surface area (Å²) < 4.78 is 4.79. The van der Waals surface area contributed by atoms with Crippen LogP contribution >= 0.6 is 0 Å². The Balaban J connectivity index is 1.22. The van der Waals surface area contributed by atoms with Gasteiger partial charge in [0, 0.05) is 30.9 Å². The summed E-state index contributed by atoms with van der Waals surface area (Å²) in [5.41, 5.74) is 9.68. The Hall–Kier alpha value is -3.69. The van der Waals surface area contributed by atoms with Crippen LogP contribution in [0.25, 0.3) is 11.0 Å². The lowest BCUT2D eigenvalue weighted by Crippen LogP contribution is -2.45. The molecular formula is C40H55N7O2. The van der Waals surface area contributed by atoms with Crippen LogP contribution in [0.5, 0.6) is 0 Å². The van der Waals surface area contributed by atoms with Gasteiger partial charge in [0.25, 0.3) is 5.56 Å². The molecule has 0 spiro atoms. The van der Waals surface area contributed by atoms with Crippen molar-refractivity contribution in [1.82, 2.24) is 23.8 Å². The molecule has 2 aliphatic carbocycles. The van der Waals surface area contributed by atoms with Crippen molar-refractivity contribution in [1.29, 1.82) is 0 Å². The Morgan fingerprint density at radius 2 is 1.43 bits per heavy atom. The van der Waals surface area contributed by atoms with E-state index in [0.717, 1.165) is 36.9 Å². The van der Waals surface area contributed by atoms with Gasteiger partial charge >= 0.3 is 5.69 Å². The predicted molar refractivity (Wildman–Crippen MR) is 199 cm³/mol. The maximum Gasteiger partial charge on any atom is 0.332 e. The number of nitrogens with zero attached hydrogens (tertiary/aromatic N) is 5. The van der Waals surface area contributed by atoms with E-state index in [1.54, 1.807) is 11.6 Å². The van der Waals surface area contributed by atoms with Crippen molar-refractivity contribution >= 4 is 22.5 Å². The Morgan fingerprint density at radius 1 is 0.776 bits per heavy atom. The van der Waals surface area contributed by atoms with Crippen LogP contribution in [0.4, 0.5) is 11.5 Å². The first-order valence-corrected chi connectivity index (χ1v) is 19.1. The Bertz CT molecular complexity index is 1800. The van der Waals surface area contributed by atoms with Crippen molar-refractivity contribution in [3.05, 3.63) is 86.6 Å². The minimum Gasteiger partial charge on any atom is -0.340 e. The summed E-state index contributed by atoms with van der Waals surface area (Å²) in [6.07, 6.45) is 19.8. The third kappa shape index (κ3) is 7.29. The number of likely N-dealkylation sites (tertiary alicyclic amines) is 1. The molecule has 9 nitrogen and oxygen atoms in total. The smallest absolute Gasteiger partial charge is 0.332 e. The summed E-state index contributed by atoms with van der Waals surface area (Å²) in [4.78, 5) is 30.4. The number of anilines is 2. The van der Waals surface area contributed by atoms with Gasteiger partial charge in [-0.15, -0.1) is 0 Å². The molecule has 3 N–H and O–H groups in total. The number of hydrogen-bond acceptors (Lipinski definition) is 6. The number of fused-ring (bicyclic) bond motifs is 1. The molecular weight excluding hydrogens is 610 g/mol. The zero-order valence-electron chi connectivity index (χ0n) is 29.4. The molecule has 7 rings (SSSR count). The van der Waals surface area contributed by atoms with Crippen LogP contribution in [0.3, 0.4) is 0 Å². The highest BCUT2D eigenvalue weighted by molar-refractivity contribution is 5.89. The van der Waals surface area contributed by atoms with E-state index in [9.17, 15) is 9.59 Å². The molecule has 4 aromatic rings. The van der Waals surface area contributed by atoms with E-state index < -0.39 is 0 Å². The lowest BCUT2D eigenvalue weighted by atomic mass is 9.89. The van der Waals surface area contributed by atoms with Crippen molar-refractivity contribution < 1.29 is 0 Å². The van der Waals surface area contributed by atoms with Crippen molar-refractivity contribution in [2.24, 2.45) is 12.8 Å². The second kappa shape index (κ2) is 15.5. The number of nitrogens with two attached hydrogens (primary N) is 1. The maximum absolute atomic E-state index is 13.8. The molecule has 0 bridgehead atoms. The fourth-order valence-corrected chi connectivity index (χ4v) is 8.87. The highest BCUT2D eigenvalue weighted by Gasteiger charge is 2.31. The summed E-state index contributed by atoms with van der Waals surface area (Å²) in [6.45, 7) is 1.67. The fourth-order valence-electron chi connectivity index (χ4n) is 8.87. The molecule has 1 aliphatic heterocycles. The molecule has 2 saturated carbocycles. The molecule has 3 atom stereocenters. The number of nitrogens with one attached hydrogen (secondary N) is 1. The zero-order valence-corrected chi connectivity index (χ0v) is 29.4. The molecule has 0 radical (unpaired) electrons. The van der Waals surface area contributed by atoms with Crippen molar-refractivity contribution in [2.75, 3.05) is 11.9 Å². The van der Waals surface area contributed by atoms with E-state index in [2.05, 4.69) is 34.5 Å². The first kappa shape index (κ1) is 33.8. The van der Waals surface area contributed by atoms with Gasteiger partial charge in [0.05, 0.1) is 12.6 Å². The van der Waals surface area contributed by atoms with E-state index in [-0.39, 0.29) is 23.3 Å². The van der Waals surface area contributed by atoms with Gasteiger partial charge in [-0.1, -0.05) is 107 Å². The summed E-state index contributed by atoms with van der Waals surface area (Å²) in [6, 6.07) is 19.8. The molecule has 3 unspecified atom stereocenters. The van der Waals surface area contributed by atoms with Crippen LogP contribution in [0, 0.1) is 0 Å². The van der Waals surface area contributed by atoms with Crippen molar-refractivity contribution in [2.45, 2.75) is 133 Å². The van der Waals surface area contributed by atoms with Crippen LogP contribution in [0.15, 0.2) is 64.2 Å².